The van der Waals surface area contributed by atoms with Crippen LogP contribution in [0.4, 0.5) is 18.9 Å². The summed E-state index contributed by atoms with van der Waals surface area (Å²) in [6, 6.07) is 4.91. The monoisotopic (exact) mass is 466 g/mol. The Labute approximate surface area is 176 Å². The normalized spacial score (nSPS) is 12.9. The first-order chi connectivity index (χ1) is 13.9. The van der Waals surface area contributed by atoms with E-state index in [4.69, 9.17) is 21.1 Å². The van der Waals surface area contributed by atoms with Crippen LogP contribution in [0.5, 0.6) is 11.5 Å². The number of halogens is 4. The van der Waals surface area contributed by atoms with Crippen molar-refractivity contribution in [2.75, 3.05) is 19.5 Å². The number of alkyl halides is 3. The third-order valence-electron chi connectivity index (χ3n) is 3.94. The van der Waals surface area contributed by atoms with Gasteiger partial charge in [0.25, 0.3) is 0 Å². The zero-order valence-corrected chi connectivity index (χ0v) is 17.6. The summed E-state index contributed by atoms with van der Waals surface area (Å²) in [6.45, 7) is 1.23. The molecule has 2 N–H and O–H groups in total. The first-order valence-electron chi connectivity index (χ1n) is 8.31. The highest BCUT2D eigenvalue weighted by atomic mass is 35.5. The van der Waals surface area contributed by atoms with Crippen LogP contribution in [0.25, 0.3) is 0 Å². The van der Waals surface area contributed by atoms with Gasteiger partial charge in [-0.15, -0.1) is 0 Å². The molecule has 0 bridgehead atoms. The van der Waals surface area contributed by atoms with Gasteiger partial charge in [0.05, 0.1) is 41.4 Å². The zero-order valence-electron chi connectivity index (χ0n) is 16.0. The Kier molecular flexibility index (Phi) is 7.22. The summed E-state index contributed by atoms with van der Waals surface area (Å²) < 4.78 is 75.9. The average Bonchev–Trinajstić information content (AvgIpc) is 2.67. The first-order valence-corrected chi connectivity index (χ1v) is 10.2. The summed E-state index contributed by atoms with van der Waals surface area (Å²) in [5.74, 6) is -0.435. The fourth-order valence-corrected chi connectivity index (χ4v) is 3.76. The molecule has 0 fully saturated rings. The van der Waals surface area contributed by atoms with E-state index in [-0.39, 0.29) is 21.4 Å². The van der Waals surface area contributed by atoms with Gasteiger partial charge in [-0.1, -0.05) is 11.6 Å². The van der Waals surface area contributed by atoms with Crippen molar-refractivity contribution in [1.82, 2.24) is 4.72 Å². The number of ether oxygens (including phenoxy) is 2. The van der Waals surface area contributed by atoms with Crippen molar-refractivity contribution in [3.8, 4) is 11.5 Å². The molecule has 0 spiro atoms. The zero-order chi connectivity index (χ0) is 22.7. The van der Waals surface area contributed by atoms with E-state index in [2.05, 4.69) is 10.0 Å². The molecule has 1 atom stereocenters. The fraction of sp³-hybridized carbons (Fsp3) is 0.278. The molecule has 0 saturated carbocycles. The van der Waals surface area contributed by atoms with Crippen LogP contribution < -0.4 is 19.5 Å². The molecule has 1 amide bonds. The molecule has 2 rings (SSSR count). The van der Waals surface area contributed by atoms with Gasteiger partial charge in [0, 0.05) is 6.07 Å². The third kappa shape index (κ3) is 5.55. The SMILES string of the molecule is COc1ccc(S(=O)(=O)N[C@H](C)C(=O)Nc2cc(C(F)(F)F)ccc2Cl)cc1OC. The lowest BCUT2D eigenvalue weighted by Gasteiger charge is -2.17. The first kappa shape index (κ1) is 23.8. The lowest BCUT2D eigenvalue weighted by molar-refractivity contribution is -0.137. The van der Waals surface area contributed by atoms with Crippen LogP contribution in [-0.4, -0.2) is 34.6 Å². The van der Waals surface area contributed by atoms with Gasteiger partial charge < -0.3 is 14.8 Å². The predicted molar refractivity (Wildman–Crippen MR) is 104 cm³/mol. The number of carbonyl (C=O) groups is 1. The average molecular weight is 467 g/mol. The largest absolute Gasteiger partial charge is 0.493 e. The topological polar surface area (TPSA) is 93.7 Å². The summed E-state index contributed by atoms with van der Waals surface area (Å²) in [5.41, 5.74) is -1.31. The number of amides is 1. The highest BCUT2D eigenvalue weighted by Gasteiger charge is 2.31. The van der Waals surface area contributed by atoms with Crippen molar-refractivity contribution >= 4 is 33.2 Å². The van der Waals surface area contributed by atoms with Crippen LogP contribution in [0, 0.1) is 0 Å². The van der Waals surface area contributed by atoms with E-state index in [1.807, 2.05) is 0 Å². The number of hydrogen-bond donors (Lipinski definition) is 2. The quantitative estimate of drug-likeness (QED) is 0.649. The summed E-state index contributed by atoms with van der Waals surface area (Å²) >= 11 is 5.84. The molecule has 0 radical (unpaired) electrons. The molecule has 0 aliphatic heterocycles. The fourth-order valence-electron chi connectivity index (χ4n) is 2.38. The van der Waals surface area contributed by atoms with Crippen molar-refractivity contribution in [2.45, 2.75) is 24.0 Å². The second kappa shape index (κ2) is 9.11. The molecule has 0 aliphatic rings. The van der Waals surface area contributed by atoms with Crippen LogP contribution in [0.15, 0.2) is 41.3 Å². The summed E-state index contributed by atoms with van der Waals surface area (Å²) in [4.78, 5) is 12.1. The Morgan fingerprint density at radius 1 is 1.07 bits per heavy atom. The number of rotatable bonds is 7. The van der Waals surface area contributed by atoms with Crippen LogP contribution >= 0.6 is 11.6 Å². The molecule has 0 aromatic heterocycles. The molecule has 0 heterocycles. The number of benzene rings is 2. The van der Waals surface area contributed by atoms with Crippen molar-refractivity contribution in [2.24, 2.45) is 0 Å². The smallest absolute Gasteiger partial charge is 0.416 e. The third-order valence-corrected chi connectivity index (χ3v) is 5.81. The Hall–Kier alpha value is -2.50. The summed E-state index contributed by atoms with van der Waals surface area (Å²) in [6.07, 6.45) is -4.63. The van der Waals surface area contributed by atoms with Crippen LogP contribution in [-0.2, 0) is 21.0 Å². The lowest BCUT2D eigenvalue weighted by Crippen LogP contribution is -2.41. The van der Waals surface area contributed by atoms with Gasteiger partial charge in [0.2, 0.25) is 15.9 Å². The Balaban J connectivity index is 2.19. The van der Waals surface area contributed by atoms with Gasteiger partial charge in [0.15, 0.2) is 11.5 Å². The Morgan fingerprint density at radius 2 is 1.70 bits per heavy atom. The van der Waals surface area contributed by atoms with Crippen LogP contribution in [0.1, 0.15) is 12.5 Å². The molecule has 0 aliphatic carbocycles. The van der Waals surface area contributed by atoms with Crippen molar-refractivity contribution < 1.29 is 35.9 Å². The number of carbonyl (C=O) groups excluding carboxylic acids is 1. The molecule has 0 unspecified atom stereocenters. The maximum Gasteiger partial charge on any atom is 0.416 e. The Bertz CT molecular complexity index is 1040. The van der Waals surface area contributed by atoms with E-state index in [1.165, 1.54) is 39.3 Å². The van der Waals surface area contributed by atoms with E-state index in [0.717, 1.165) is 12.1 Å². The molecule has 7 nitrogen and oxygen atoms in total. The summed E-state index contributed by atoms with van der Waals surface area (Å²) in [7, 11) is -1.44. The minimum absolute atomic E-state index is 0.133. The number of sulfonamides is 1. The number of hydrogen-bond acceptors (Lipinski definition) is 5. The van der Waals surface area contributed by atoms with Gasteiger partial charge in [-0.3, -0.25) is 4.79 Å². The predicted octanol–water partition coefficient (Wildman–Crippen LogP) is 3.68. The van der Waals surface area contributed by atoms with Gasteiger partial charge in [-0.05, 0) is 37.3 Å². The number of methoxy groups -OCH3 is 2. The van der Waals surface area contributed by atoms with Gasteiger partial charge in [0.1, 0.15) is 0 Å². The second-order valence-corrected chi connectivity index (χ2v) is 8.16. The van der Waals surface area contributed by atoms with Gasteiger partial charge in [-0.2, -0.15) is 17.9 Å². The van der Waals surface area contributed by atoms with Crippen molar-refractivity contribution in [1.29, 1.82) is 0 Å². The summed E-state index contributed by atoms with van der Waals surface area (Å²) in [5, 5.41) is 2.06. The molecule has 2 aromatic rings. The highest BCUT2D eigenvalue weighted by Crippen LogP contribution is 2.34. The van der Waals surface area contributed by atoms with E-state index >= 15 is 0 Å². The maximum absolute atomic E-state index is 12.9. The van der Waals surface area contributed by atoms with Crippen molar-refractivity contribution in [3.05, 3.63) is 47.0 Å². The van der Waals surface area contributed by atoms with E-state index in [1.54, 1.807) is 0 Å². The van der Waals surface area contributed by atoms with E-state index in [9.17, 15) is 26.4 Å². The van der Waals surface area contributed by atoms with Crippen LogP contribution in [0.3, 0.4) is 0 Å². The minimum Gasteiger partial charge on any atom is -0.493 e. The molecule has 164 valence electrons. The minimum atomic E-state index is -4.63. The molecule has 2 aromatic carbocycles. The van der Waals surface area contributed by atoms with Gasteiger partial charge >= 0.3 is 6.18 Å². The molecule has 30 heavy (non-hydrogen) atoms. The second-order valence-electron chi connectivity index (χ2n) is 6.04. The lowest BCUT2D eigenvalue weighted by atomic mass is 10.2. The molecule has 0 saturated heterocycles. The van der Waals surface area contributed by atoms with Crippen molar-refractivity contribution in [3.63, 3.8) is 0 Å². The maximum atomic E-state index is 12.9. The van der Waals surface area contributed by atoms with Crippen LogP contribution in [0.2, 0.25) is 5.02 Å². The number of anilines is 1. The standard InChI is InChI=1S/C18H18ClF3N2O5S/c1-10(17(25)23-14-8-11(18(20,21)22)4-6-13(14)19)24-30(26,27)12-5-7-15(28-2)16(9-12)29-3/h4-10,24H,1-3H3,(H,23,25)/t10-/m1/s1. The van der Waals surface area contributed by atoms with E-state index < -0.39 is 33.7 Å². The highest BCUT2D eigenvalue weighted by molar-refractivity contribution is 7.89. The van der Waals surface area contributed by atoms with E-state index in [0.29, 0.717) is 11.8 Å². The molecule has 12 heteroatoms. The molecular weight excluding hydrogens is 449 g/mol. The molecular formula is C18H18ClF3N2O5S. The Morgan fingerprint density at radius 3 is 2.27 bits per heavy atom. The number of nitrogens with one attached hydrogen (secondary N) is 2. The van der Waals surface area contributed by atoms with Gasteiger partial charge in [-0.25, -0.2) is 8.42 Å².